The van der Waals surface area contributed by atoms with Crippen molar-refractivity contribution in [3.63, 3.8) is 0 Å². The number of carbonyl (C=O) groups excluding carboxylic acids is 2. The third-order valence-corrected chi connectivity index (χ3v) is 4.80. The first-order valence-corrected chi connectivity index (χ1v) is 8.64. The molecular formula is C19H23FN2O2. The molecule has 0 spiro atoms. The summed E-state index contributed by atoms with van der Waals surface area (Å²) < 4.78 is 13.6. The maximum atomic E-state index is 13.6. The van der Waals surface area contributed by atoms with Crippen molar-refractivity contribution in [3.8, 4) is 0 Å². The minimum absolute atomic E-state index is 0.0140. The van der Waals surface area contributed by atoms with Crippen molar-refractivity contribution in [2.24, 2.45) is 5.92 Å². The van der Waals surface area contributed by atoms with Crippen molar-refractivity contribution < 1.29 is 14.0 Å². The summed E-state index contributed by atoms with van der Waals surface area (Å²) in [5, 5.41) is 2.59. The number of allylic oxidation sites excluding steroid dienone is 1. The van der Waals surface area contributed by atoms with Crippen LogP contribution in [0, 0.1) is 11.7 Å². The number of nitrogens with zero attached hydrogens (tertiary/aromatic N) is 1. The van der Waals surface area contributed by atoms with Crippen LogP contribution in [0.15, 0.2) is 35.9 Å². The number of halogens is 1. The standard InChI is InChI=1S/C19H23FN2O2/c20-16-8-4-5-9-17(16)21-19(24)15-12-18(23)22(13-15)11-10-14-6-2-1-3-7-14/h4-6,8-9,15H,1-3,7,10-13H2,(H,21,24). The van der Waals surface area contributed by atoms with Crippen LogP contribution in [0.5, 0.6) is 0 Å². The summed E-state index contributed by atoms with van der Waals surface area (Å²) in [5.41, 5.74) is 1.59. The first kappa shape index (κ1) is 16.7. The van der Waals surface area contributed by atoms with E-state index in [-0.39, 0.29) is 23.9 Å². The average molecular weight is 330 g/mol. The second kappa shape index (κ2) is 7.60. The van der Waals surface area contributed by atoms with Crippen LogP contribution < -0.4 is 5.32 Å². The van der Waals surface area contributed by atoms with E-state index in [4.69, 9.17) is 0 Å². The molecule has 0 bridgehead atoms. The Morgan fingerprint density at radius 2 is 2.12 bits per heavy atom. The molecule has 0 aromatic heterocycles. The molecular weight excluding hydrogens is 307 g/mol. The number of anilines is 1. The van der Waals surface area contributed by atoms with Gasteiger partial charge in [0.15, 0.2) is 0 Å². The predicted molar refractivity (Wildman–Crippen MR) is 90.9 cm³/mol. The molecule has 1 saturated heterocycles. The fourth-order valence-electron chi connectivity index (χ4n) is 3.37. The second-order valence-electron chi connectivity index (χ2n) is 6.57. The fraction of sp³-hybridized carbons (Fsp3) is 0.474. The van der Waals surface area contributed by atoms with E-state index in [9.17, 15) is 14.0 Å². The van der Waals surface area contributed by atoms with E-state index in [0.717, 1.165) is 19.3 Å². The molecule has 2 amide bonds. The van der Waals surface area contributed by atoms with Gasteiger partial charge in [-0.15, -0.1) is 0 Å². The SMILES string of the molecule is O=C(Nc1ccccc1F)C1CC(=O)N(CCC2=CCCCC2)C1. The number of para-hydroxylation sites is 1. The lowest BCUT2D eigenvalue weighted by Crippen LogP contribution is -2.29. The molecule has 1 aliphatic carbocycles. The zero-order valence-corrected chi connectivity index (χ0v) is 13.8. The normalized spacial score (nSPS) is 20.9. The van der Waals surface area contributed by atoms with Gasteiger partial charge in [0.2, 0.25) is 11.8 Å². The lowest BCUT2D eigenvalue weighted by atomic mass is 9.97. The van der Waals surface area contributed by atoms with Crippen LogP contribution in [0.1, 0.15) is 38.5 Å². The first-order valence-electron chi connectivity index (χ1n) is 8.64. The van der Waals surface area contributed by atoms with Crippen LogP contribution in [0.25, 0.3) is 0 Å². The fourth-order valence-corrected chi connectivity index (χ4v) is 3.37. The molecule has 2 aliphatic rings. The Kier molecular flexibility index (Phi) is 5.28. The molecule has 24 heavy (non-hydrogen) atoms. The van der Waals surface area contributed by atoms with E-state index in [2.05, 4.69) is 11.4 Å². The highest BCUT2D eigenvalue weighted by Gasteiger charge is 2.34. The molecule has 128 valence electrons. The van der Waals surface area contributed by atoms with Crippen LogP contribution in [-0.4, -0.2) is 29.8 Å². The van der Waals surface area contributed by atoms with Gasteiger partial charge in [-0.25, -0.2) is 4.39 Å². The quantitative estimate of drug-likeness (QED) is 0.840. The summed E-state index contributed by atoms with van der Waals surface area (Å²) in [4.78, 5) is 26.2. The smallest absolute Gasteiger partial charge is 0.229 e. The van der Waals surface area contributed by atoms with Gasteiger partial charge in [0.1, 0.15) is 5.82 Å². The van der Waals surface area contributed by atoms with Crippen molar-refractivity contribution in [2.75, 3.05) is 18.4 Å². The molecule has 1 fully saturated rings. The van der Waals surface area contributed by atoms with Crippen molar-refractivity contribution in [3.05, 3.63) is 41.7 Å². The molecule has 1 heterocycles. The number of hydrogen-bond donors (Lipinski definition) is 1. The van der Waals surface area contributed by atoms with Crippen LogP contribution >= 0.6 is 0 Å². The van der Waals surface area contributed by atoms with Crippen molar-refractivity contribution >= 4 is 17.5 Å². The monoisotopic (exact) mass is 330 g/mol. The van der Waals surface area contributed by atoms with Crippen LogP contribution in [-0.2, 0) is 9.59 Å². The Bertz CT molecular complexity index is 657. The van der Waals surface area contributed by atoms with Crippen molar-refractivity contribution in [1.29, 1.82) is 0 Å². The summed E-state index contributed by atoms with van der Waals surface area (Å²) in [6.45, 7) is 1.10. The number of carbonyl (C=O) groups is 2. The lowest BCUT2D eigenvalue weighted by Gasteiger charge is -2.19. The highest BCUT2D eigenvalue weighted by molar-refractivity contribution is 5.97. The summed E-state index contributed by atoms with van der Waals surface area (Å²) in [7, 11) is 0. The minimum Gasteiger partial charge on any atom is -0.342 e. The summed E-state index contributed by atoms with van der Waals surface area (Å²) in [5.74, 6) is -1.14. The number of likely N-dealkylation sites (tertiary alicyclic amines) is 1. The molecule has 4 nitrogen and oxygen atoms in total. The predicted octanol–water partition coefficient (Wildman–Crippen LogP) is 3.50. The van der Waals surface area contributed by atoms with Gasteiger partial charge >= 0.3 is 0 Å². The highest BCUT2D eigenvalue weighted by atomic mass is 19.1. The minimum atomic E-state index is -0.462. The Morgan fingerprint density at radius 1 is 1.29 bits per heavy atom. The van der Waals surface area contributed by atoms with Gasteiger partial charge in [-0.2, -0.15) is 0 Å². The zero-order valence-electron chi connectivity index (χ0n) is 13.8. The van der Waals surface area contributed by atoms with Crippen LogP contribution in [0.3, 0.4) is 0 Å². The van der Waals surface area contributed by atoms with Gasteiger partial charge < -0.3 is 10.2 Å². The molecule has 1 aromatic carbocycles. The van der Waals surface area contributed by atoms with E-state index in [1.807, 2.05) is 0 Å². The highest BCUT2D eigenvalue weighted by Crippen LogP contribution is 2.24. The van der Waals surface area contributed by atoms with E-state index in [1.165, 1.54) is 30.5 Å². The molecule has 1 atom stereocenters. The average Bonchev–Trinajstić information content (AvgIpc) is 2.97. The van der Waals surface area contributed by atoms with Gasteiger partial charge in [-0.1, -0.05) is 23.8 Å². The van der Waals surface area contributed by atoms with Crippen molar-refractivity contribution in [1.82, 2.24) is 4.90 Å². The number of benzene rings is 1. The molecule has 1 unspecified atom stereocenters. The van der Waals surface area contributed by atoms with E-state index < -0.39 is 11.7 Å². The van der Waals surface area contributed by atoms with Crippen LogP contribution in [0.4, 0.5) is 10.1 Å². The van der Waals surface area contributed by atoms with Gasteiger partial charge in [-0.05, 0) is 44.2 Å². The Labute approximate surface area is 141 Å². The molecule has 1 aromatic rings. The molecule has 0 radical (unpaired) electrons. The third kappa shape index (κ3) is 4.02. The summed E-state index contributed by atoms with van der Waals surface area (Å²) in [6.07, 6.45) is 8.13. The summed E-state index contributed by atoms with van der Waals surface area (Å²) >= 11 is 0. The molecule has 5 heteroatoms. The van der Waals surface area contributed by atoms with E-state index in [0.29, 0.717) is 13.1 Å². The van der Waals surface area contributed by atoms with E-state index in [1.54, 1.807) is 17.0 Å². The van der Waals surface area contributed by atoms with E-state index >= 15 is 0 Å². The van der Waals surface area contributed by atoms with Crippen molar-refractivity contribution in [2.45, 2.75) is 38.5 Å². The Hall–Kier alpha value is -2.17. The number of nitrogens with one attached hydrogen (secondary N) is 1. The van der Waals surface area contributed by atoms with Gasteiger partial charge in [0.05, 0.1) is 11.6 Å². The molecule has 0 saturated carbocycles. The number of rotatable bonds is 5. The number of hydrogen-bond acceptors (Lipinski definition) is 2. The Balaban J connectivity index is 1.53. The topological polar surface area (TPSA) is 49.4 Å². The first-order chi connectivity index (χ1) is 11.6. The third-order valence-electron chi connectivity index (χ3n) is 4.80. The second-order valence-corrected chi connectivity index (χ2v) is 6.57. The Morgan fingerprint density at radius 3 is 2.88 bits per heavy atom. The van der Waals surface area contributed by atoms with Gasteiger partial charge in [0.25, 0.3) is 0 Å². The molecule has 1 aliphatic heterocycles. The van der Waals surface area contributed by atoms with Gasteiger partial charge in [0, 0.05) is 19.5 Å². The van der Waals surface area contributed by atoms with Gasteiger partial charge in [-0.3, -0.25) is 9.59 Å². The largest absolute Gasteiger partial charge is 0.342 e. The lowest BCUT2D eigenvalue weighted by molar-refractivity contribution is -0.128. The van der Waals surface area contributed by atoms with Crippen LogP contribution in [0.2, 0.25) is 0 Å². The summed E-state index contributed by atoms with van der Waals surface area (Å²) in [6, 6.07) is 6.07. The number of amides is 2. The molecule has 1 N–H and O–H groups in total. The maximum absolute atomic E-state index is 13.6. The maximum Gasteiger partial charge on any atom is 0.229 e. The molecule has 3 rings (SSSR count). The zero-order chi connectivity index (χ0) is 16.9.